The summed E-state index contributed by atoms with van der Waals surface area (Å²) in [7, 11) is 1.58. The molecule has 0 heterocycles. The third kappa shape index (κ3) is 5.06. The second-order valence-corrected chi connectivity index (χ2v) is 3.80. The van der Waals surface area contributed by atoms with Gasteiger partial charge >= 0.3 is 5.97 Å². The quantitative estimate of drug-likeness (QED) is 0.554. The number of carboxylic acid groups (broad SMARTS) is 1. The fourth-order valence-electron chi connectivity index (χ4n) is 0.675. The van der Waals surface area contributed by atoms with Gasteiger partial charge in [-0.15, -0.1) is 0 Å². The molecule has 0 spiro atoms. The minimum atomic E-state index is -0.908. The van der Waals surface area contributed by atoms with Gasteiger partial charge in [-0.1, -0.05) is 11.2 Å². The van der Waals surface area contributed by atoms with Crippen LogP contribution in [-0.2, 0) is 16.0 Å². The summed E-state index contributed by atoms with van der Waals surface area (Å²) in [6.45, 7) is 0. The van der Waals surface area contributed by atoms with Gasteiger partial charge in [-0.05, 0) is 7.05 Å². The highest BCUT2D eigenvalue weighted by molar-refractivity contribution is 7.90. The Bertz CT molecular complexity index is 129. The molecular weight excluding hydrogens is 166 g/mol. The van der Waals surface area contributed by atoms with Crippen molar-refractivity contribution in [2.75, 3.05) is 19.1 Å². The first-order valence-electron chi connectivity index (χ1n) is 3.28. The third-order valence-electron chi connectivity index (χ3n) is 1.34. The number of hydrogen-bond donors (Lipinski definition) is 2. The topological polar surface area (TPSA) is 72.4 Å². The zero-order valence-corrected chi connectivity index (χ0v) is 7.48. The molecule has 5 heteroatoms. The van der Waals surface area contributed by atoms with Gasteiger partial charge in [0.2, 0.25) is 0 Å². The normalized spacial score (nSPS) is 15.9. The molecular formula is C6H13NO3S. The van der Waals surface area contributed by atoms with Gasteiger partial charge in [0.05, 0.1) is 6.26 Å². The molecule has 0 aliphatic carbocycles. The second-order valence-electron chi connectivity index (χ2n) is 2.25. The van der Waals surface area contributed by atoms with E-state index < -0.39 is 23.2 Å². The van der Waals surface area contributed by atoms with Crippen LogP contribution in [-0.4, -0.2) is 40.7 Å². The largest absolute Gasteiger partial charge is 0.617 e. The van der Waals surface area contributed by atoms with Crippen molar-refractivity contribution in [3.8, 4) is 0 Å². The number of aliphatic carboxylic acids is 1. The maximum absolute atomic E-state index is 10.6. The van der Waals surface area contributed by atoms with Gasteiger partial charge in [0, 0.05) is 6.42 Å². The van der Waals surface area contributed by atoms with Gasteiger partial charge in [-0.2, -0.15) is 0 Å². The molecule has 66 valence electrons. The summed E-state index contributed by atoms with van der Waals surface area (Å²) < 4.78 is 10.6. The molecule has 11 heavy (non-hydrogen) atoms. The Balaban J connectivity index is 3.61. The monoisotopic (exact) mass is 179 g/mol. The molecule has 0 aromatic rings. The van der Waals surface area contributed by atoms with Crippen LogP contribution >= 0.6 is 0 Å². The third-order valence-corrected chi connectivity index (χ3v) is 2.15. The fourth-order valence-corrected chi connectivity index (χ4v) is 1.24. The summed E-state index contributed by atoms with van der Waals surface area (Å²) in [5.41, 5.74) is 0. The zero-order valence-electron chi connectivity index (χ0n) is 6.66. The highest BCUT2D eigenvalue weighted by Gasteiger charge is 2.15. The van der Waals surface area contributed by atoms with E-state index in [4.69, 9.17) is 5.11 Å². The van der Waals surface area contributed by atoms with Crippen LogP contribution in [0.1, 0.15) is 6.42 Å². The van der Waals surface area contributed by atoms with E-state index in [9.17, 15) is 9.35 Å². The number of hydrogen-bond acceptors (Lipinski definition) is 3. The molecule has 0 aliphatic heterocycles. The standard InChI is InChI=1S/C6H13NO3S/c1-7-5(6(8)9)3-4-11(2)10/h5,7H,3-4H2,1-2H3,(H,8,9). The van der Waals surface area contributed by atoms with Crippen molar-refractivity contribution in [2.45, 2.75) is 12.5 Å². The lowest BCUT2D eigenvalue weighted by atomic mass is 10.2. The molecule has 2 unspecified atom stereocenters. The maximum atomic E-state index is 10.6. The van der Waals surface area contributed by atoms with Crippen molar-refractivity contribution in [2.24, 2.45) is 0 Å². The summed E-state index contributed by atoms with van der Waals surface area (Å²) >= 11 is -0.908. The number of rotatable bonds is 5. The molecule has 0 saturated heterocycles. The number of carboxylic acids is 1. The smallest absolute Gasteiger partial charge is 0.320 e. The van der Waals surface area contributed by atoms with Crippen molar-refractivity contribution in [3.63, 3.8) is 0 Å². The molecule has 0 saturated carbocycles. The van der Waals surface area contributed by atoms with E-state index in [1.807, 2.05) is 0 Å². The Hall–Kier alpha value is -0.260. The van der Waals surface area contributed by atoms with Crippen LogP contribution in [0, 0.1) is 0 Å². The van der Waals surface area contributed by atoms with Crippen LogP contribution in [0.2, 0.25) is 0 Å². The van der Waals surface area contributed by atoms with Gasteiger partial charge in [0.1, 0.15) is 11.8 Å². The van der Waals surface area contributed by atoms with E-state index in [-0.39, 0.29) is 0 Å². The van der Waals surface area contributed by atoms with Crippen molar-refractivity contribution in [1.82, 2.24) is 5.32 Å². The molecule has 0 aliphatic rings. The van der Waals surface area contributed by atoms with Crippen LogP contribution in [0.5, 0.6) is 0 Å². The van der Waals surface area contributed by atoms with Crippen LogP contribution in [0.25, 0.3) is 0 Å². The number of carbonyl (C=O) groups is 1. The second kappa shape index (κ2) is 5.40. The first-order chi connectivity index (χ1) is 5.07. The predicted molar refractivity (Wildman–Crippen MR) is 44.0 cm³/mol. The SMILES string of the molecule is CNC(CC[S+](C)[O-])C(=O)O. The first-order valence-corrected chi connectivity index (χ1v) is 5.00. The van der Waals surface area contributed by atoms with Gasteiger partial charge in [-0.25, -0.2) is 0 Å². The minimum absolute atomic E-state index is 0.412. The molecule has 0 aromatic carbocycles. The minimum Gasteiger partial charge on any atom is -0.617 e. The predicted octanol–water partition coefficient (Wildman–Crippen LogP) is -0.572. The molecule has 0 bridgehead atoms. The van der Waals surface area contributed by atoms with Gasteiger partial charge in [-0.3, -0.25) is 4.79 Å². The van der Waals surface area contributed by atoms with E-state index in [2.05, 4.69) is 5.32 Å². The van der Waals surface area contributed by atoms with E-state index in [0.717, 1.165) is 0 Å². The average molecular weight is 179 g/mol. The van der Waals surface area contributed by atoms with E-state index in [0.29, 0.717) is 12.2 Å². The Morgan fingerprint density at radius 1 is 1.82 bits per heavy atom. The van der Waals surface area contributed by atoms with Crippen molar-refractivity contribution in [1.29, 1.82) is 0 Å². The molecule has 2 N–H and O–H groups in total. The molecule has 0 rings (SSSR count). The molecule has 0 fully saturated rings. The molecule has 0 amide bonds. The Kier molecular flexibility index (Phi) is 5.27. The Morgan fingerprint density at radius 2 is 2.36 bits per heavy atom. The molecule has 0 radical (unpaired) electrons. The maximum Gasteiger partial charge on any atom is 0.320 e. The summed E-state index contributed by atoms with van der Waals surface area (Å²) in [6, 6.07) is -0.570. The van der Waals surface area contributed by atoms with Crippen molar-refractivity contribution in [3.05, 3.63) is 0 Å². The first kappa shape index (κ1) is 10.7. The Labute approximate surface area is 69.2 Å². The fraction of sp³-hybridized carbons (Fsp3) is 0.833. The zero-order chi connectivity index (χ0) is 8.85. The van der Waals surface area contributed by atoms with Crippen molar-refractivity contribution >= 4 is 17.1 Å². The summed E-state index contributed by atoms with van der Waals surface area (Å²) in [5.74, 6) is -0.462. The van der Waals surface area contributed by atoms with E-state index >= 15 is 0 Å². The lowest BCUT2D eigenvalue weighted by molar-refractivity contribution is -0.139. The van der Waals surface area contributed by atoms with Crippen LogP contribution < -0.4 is 5.32 Å². The lowest BCUT2D eigenvalue weighted by Crippen LogP contribution is -2.35. The highest BCUT2D eigenvalue weighted by Crippen LogP contribution is 1.95. The average Bonchev–Trinajstić information content (AvgIpc) is 1.87. The van der Waals surface area contributed by atoms with Crippen LogP contribution in [0.4, 0.5) is 0 Å². The highest BCUT2D eigenvalue weighted by atomic mass is 32.2. The summed E-state index contributed by atoms with van der Waals surface area (Å²) in [6.07, 6.45) is 1.98. The van der Waals surface area contributed by atoms with Gasteiger partial charge in [0.15, 0.2) is 0 Å². The van der Waals surface area contributed by atoms with Crippen molar-refractivity contribution < 1.29 is 14.5 Å². The number of nitrogens with one attached hydrogen (secondary N) is 1. The van der Waals surface area contributed by atoms with E-state index in [1.165, 1.54) is 0 Å². The van der Waals surface area contributed by atoms with Crippen LogP contribution in [0.3, 0.4) is 0 Å². The molecule has 0 aromatic heterocycles. The Morgan fingerprint density at radius 3 is 2.64 bits per heavy atom. The van der Waals surface area contributed by atoms with Gasteiger partial charge < -0.3 is 15.0 Å². The molecule has 2 atom stereocenters. The van der Waals surface area contributed by atoms with Gasteiger partial charge in [0.25, 0.3) is 0 Å². The van der Waals surface area contributed by atoms with E-state index in [1.54, 1.807) is 13.3 Å². The van der Waals surface area contributed by atoms with Crippen LogP contribution in [0.15, 0.2) is 0 Å². The molecule has 4 nitrogen and oxygen atoms in total. The summed E-state index contributed by atoms with van der Waals surface area (Å²) in [4.78, 5) is 10.4. The number of likely N-dealkylation sites (N-methyl/N-ethyl adjacent to an activating group) is 1. The lowest BCUT2D eigenvalue weighted by Gasteiger charge is -2.10. The summed E-state index contributed by atoms with van der Waals surface area (Å²) in [5, 5.41) is 11.1.